The molecular formula is C37H42N2O4. The van der Waals surface area contributed by atoms with Crippen LogP contribution >= 0.6 is 0 Å². The van der Waals surface area contributed by atoms with Gasteiger partial charge in [0.15, 0.2) is 11.6 Å². The highest BCUT2D eigenvalue weighted by atomic mass is 16.5. The maximum Gasteiger partial charge on any atom is 0.195 e. The summed E-state index contributed by atoms with van der Waals surface area (Å²) < 4.78 is 5.42. The molecule has 0 aromatic heterocycles. The average Bonchev–Trinajstić information content (AvgIpc) is 3.08. The minimum Gasteiger partial charge on any atom is -0.380 e. The highest BCUT2D eigenvalue weighted by Crippen LogP contribution is 2.29. The topological polar surface area (TPSA) is 70.1 Å². The van der Waals surface area contributed by atoms with E-state index >= 15 is 0 Å². The van der Waals surface area contributed by atoms with Crippen molar-refractivity contribution in [2.24, 2.45) is 0 Å². The summed E-state index contributed by atoms with van der Waals surface area (Å²) in [5.74, 6) is -0.0841. The predicted molar refractivity (Wildman–Crippen MR) is 173 cm³/mol. The number of benzene rings is 4. The van der Waals surface area contributed by atoms with E-state index < -0.39 is 11.6 Å². The normalized spacial score (nSPS) is 15.1. The SMILES string of the molecule is CCC(Cc1ccccc1)(C(=O)c1ccc(N2CCOCC2)cc1)N(C)C.O=C(c1ccccc1)C(O)c1ccccc1. The number of hydrogen-bond acceptors (Lipinski definition) is 6. The number of hydrogen-bond donors (Lipinski definition) is 1. The number of rotatable bonds is 10. The maximum absolute atomic E-state index is 13.6. The number of ketones is 2. The summed E-state index contributed by atoms with van der Waals surface area (Å²) in [4.78, 5) is 29.8. The molecular weight excluding hydrogens is 536 g/mol. The second-order valence-electron chi connectivity index (χ2n) is 11.0. The van der Waals surface area contributed by atoms with Gasteiger partial charge in [-0.1, -0.05) is 97.9 Å². The summed E-state index contributed by atoms with van der Waals surface area (Å²) in [5.41, 5.74) is 3.73. The number of carbonyl (C=O) groups is 2. The van der Waals surface area contributed by atoms with Gasteiger partial charge in [-0.15, -0.1) is 0 Å². The molecule has 1 aliphatic heterocycles. The van der Waals surface area contributed by atoms with E-state index in [1.165, 1.54) is 5.56 Å². The van der Waals surface area contributed by atoms with Crippen molar-refractivity contribution in [3.63, 3.8) is 0 Å². The van der Waals surface area contributed by atoms with Gasteiger partial charge in [0.2, 0.25) is 0 Å². The zero-order valence-electron chi connectivity index (χ0n) is 25.4. The first-order valence-corrected chi connectivity index (χ1v) is 14.9. The average molecular weight is 579 g/mol. The van der Waals surface area contributed by atoms with Crippen molar-refractivity contribution >= 4 is 17.3 Å². The van der Waals surface area contributed by atoms with Crippen LogP contribution < -0.4 is 4.90 Å². The fourth-order valence-electron chi connectivity index (χ4n) is 5.44. The van der Waals surface area contributed by atoms with Gasteiger partial charge in [0.25, 0.3) is 0 Å². The third-order valence-corrected chi connectivity index (χ3v) is 8.13. The molecule has 6 heteroatoms. The Kier molecular flexibility index (Phi) is 11.4. The van der Waals surface area contributed by atoms with E-state index in [1.54, 1.807) is 48.5 Å². The van der Waals surface area contributed by atoms with Gasteiger partial charge in [-0.3, -0.25) is 14.5 Å². The smallest absolute Gasteiger partial charge is 0.195 e. The number of nitrogens with zero attached hydrogens (tertiary/aromatic N) is 2. The molecule has 2 unspecified atom stereocenters. The fourth-order valence-corrected chi connectivity index (χ4v) is 5.44. The second-order valence-corrected chi connectivity index (χ2v) is 11.0. The van der Waals surface area contributed by atoms with Gasteiger partial charge in [0.05, 0.1) is 18.8 Å². The van der Waals surface area contributed by atoms with Crippen LogP contribution in [0.5, 0.6) is 0 Å². The molecule has 6 nitrogen and oxygen atoms in total. The van der Waals surface area contributed by atoms with Crippen molar-refractivity contribution in [3.8, 4) is 0 Å². The molecule has 0 aliphatic carbocycles. The van der Waals surface area contributed by atoms with Crippen molar-refractivity contribution in [2.45, 2.75) is 31.4 Å². The molecule has 0 spiro atoms. The number of morpholine rings is 1. The number of Topliss-reactive ketones (excluding diaryl/α,β-unsaturated/α-hetero) is 2. The summed E-state index contributed by atoms with van der Waals surface area (Å²) in [6.45, 7) is 5.42. The minimum atomic E-state index is -1.08. The number of ether oxygens (including phenoxy) is 1. The Labute approximate surface area is 255 Å². The van der Waals surface area contributed by atoms with Crippen LogP contribution in [0.3, 0.4) is 0 Å². The van der Waals surface area contributed by atoms with Crippen LogP contribution in [-0.4, -0.2) is 67.5 Å². The van der Waals surface area contributed by atoms with Crippen LogP contribution in [-0.2, 0) is 11.2 Å². The van der Waals surface area contributed by atoms with Crippen molar-refractivity contribution < 1.29 is 19.4 Å². The van der Waals surface area contributed by atoms with Crippen LogP contribution in [0.15, 0.2) is 115 Å². The molecule has 0 radical (unpaired) electrons. The Morgan fingerprint density at radius 1 is 0.791 bits per heavy atom. The van der Waals surface area contributed by atoms with E-state index in [2.05, 4.69) is 41.0 Å². The first-order valence-electron chi connectivity index (χ1n) is 14.9. The molecule has 2 atom stereocenters. The molecule has 1 heterocycles. The van der Waals surface area contributed by atoms with Crippen molar-refractivity contribution in [2.75, 3.05) is 45.3 Å². The third kappa shape index (κ3) is 8.05. The molecule has 4 aromatic carbocycles. The summed E-state index contributed by atoms with van der Waals surface area (Å²) in [6, 6.07) is 36.1. The summed E-state index contributed by atoms with van der Waals surface area (Å²) in [7, 11) is 4.01. The second kappa shape index (κ2) is 15.4. The Bertz CT molecular complexity index is 1420. The number of likely N-dealkylation sites (N-methyl/N-ethyl adjacent to an activating group) is 1. The maximum atomic E-state index is 13.6. The molecule has 5 rings (SSSR count). The lowest BCUT2D eigenvalue weighted by atomic mass is 9.80. The molecule has 1 aliphatic rings. The quantitative estimate of drug-likeness (QED) is 0.224. The van der Waals surface area contributed by atoms with Crippen LogP contribution in [0.1, 0.15) is 51.3 Å². The molecule has 43 heavy (non-hydrogen) atoms. The van der Waals surface area contributed by atoms with Gasteiger partial charge in [0.1, 0.15) is 6.10 Å². The monoisotopic (exact) mass is 578 g/mol. The molecule has 1 fully saturated rings. The van der Waals surface area contributed by atoms with Crippen molar-refractivity contribution in [3.05, 3.63) is 138 Å². The first-order chi connectivity index (χ1) is 20.9. The third-order valence-electron chi connectivity index (χ3n) is 8.13. The molecule has 0 bridgehead atoms. The van der Waals surface area contributed by atoms with E-state index in [0.717, 1.165) is 44.0 Å². The summed E-state index contributed by atoms with van der Waals surface area (Å²) in [5, 5.41) is 9.89. The Balaban J connectivity index is 0.000000225. The number of aliphatic hydroxyl groups excluding tert-OH is 1. The summed E-state index contributed by atoms with van der Waals surface area (Å²) >= 11 is 0. The highest BCUT2D eigenvalue weighted by molar-refractivity contribution is 6.03. The van der Waals surface area contributed by atoms with Gasteiger partial charge in [-0.05, 0) is 62.3 Å². The molecule has 1 N–H and O–H groups in total. The molecule has 0 saturated carbocycles. The van der Waals surface area contributed by atoms with Gasteiger partial charge in [-0.25, -0.2) is 0 Å². The number of aliphatic hydroxyl groups is 1. The number of anilines is 1. The van der Waals surface area contributed by atoms with Crippen LogP contribution in [0.2, 0.25) is 0 Å². The molecule has 0 amide bonds. The largest absolute Gasteiger partial charge is 0.380 e. The van der Waals surface area contributed by atoms with Gasteiger partial charge < -0.3 is 14.7 Å². The Morgan fingerprint density at radius 3 is 1.86 bits per heavy atom. The van der Waals surface area contributed by atoms with E-state index in [4.69, 9.17) is 4.74 Å². The van der Waals surface area contributed by atoms with Crippen LogP contribution in [0.4, 0.5) is 5.69 Å². The van der Waals surface area contributed by atoms with Gasteiger partial charge >= 0.3 is 0 Å². The van der Waals surface area contributed by atoms with Crippen LogP contribution in [0, 0.1) is 0 Å². The fraction of sp³-hybridized carbons (Fsp3) is 0.297. The van der Waals surface area contributed by atoms with E-state index in [9.17, 15) is 14.7 Å². The Morgan fingerprint density at radius 2 is 1.33 bits per heavy atom. The van der Waals surface area contributed by atoms with Crippen LogP contribution in [0.25, 0.3) is 0 Å². The Hall–Kier alpha value is -4.10. The molecule has 4 aromatic rings. The lowest BCUT2D eigenvalue weighted by molar-refractivity contribution is 0.0666. The lowest BCUT2D eigenvalue weighted by Gasteiger charge is -2.38. The summed E-state index contributed by atoms with van der Waals surface area (Å²) in [6.07, 6.45) is 0.393. The number of carbonyl (C=O) groups excluding carboxylic acids is 2. The highest BCUT2D eigenvalue weighted by Gasteiger charge is 2.39. The molecule has 1 saturated heterocycles. The zero-order chi connectivity index (χ0) is 30.7. The predicted octanol–water partition coefficient (Wildman–Crippen LogP) is 6.26. The minimum absolute atomic E-state index is 0.187. The lowest BCUT2D eigenvalue weighted by Crippen LogP contribution is -2.52. The standard InChI is InChI=1S/C23H30N2O2.C14H12O2/c1-4-23(24(2)3,18-19-8-6-5-7-9-19)22(26)20-10-12-21(13-11-20)25-14-16-27-17-15-25;15-13(11-7-3-1-4-8-11)14(16)12-9-5-2-6-10-12/h5-13H,4,14-18H2,1-3H3;1-10,13,15H. The van der Waals surface area contributed by atoms with Gasteiger partial charge in [0, 0.05) is 29.9 Å². The molecule has 224 valence electrons. The van der Waals surface area contributed by atoms with E-state index in [1.807, 2.05) is 56.6 Å². The first kappa shape index (κ1) is 31.8. The van der Waals surface area contributed by atoms with Gasteiger partial charge in [-0.2, -0.15) is 0 Å². The van der Waals surface area contributed by atoms with Crippen molar-refractivity contribution in [1.29, 1.82) is 0 Å². The van der Waals surface area contributed by atoms with Crippen molar-refractivity contribution in [1.82, 2.24) is 4.90 Å². The van der Waals surface area contributed by atoms with E-state index in [0.29, 0.717) is 17.5 Å². The van der Waals surface area contributed by atoms with E-state index in [-0.39, 0.29) is 11.6 Å². The zero-order valence-corrected chi connectivity index (χ0v) is 25.4.